The predicted octanol–water partition coefficient (Wildman–Crippen LogP) is 4.43. The lowest BCUT2D eigenvalue weighted by Gasteiger charge is -2.30. The number of nitrogens with one attached hydrogen (secondary N) is 3. The lowest BCUT2D eigenvalue weighted by molar-refractivity contribution is -0.193. The van der Waals surface area contributed by atoms with Crippen molar-refractivity contribution in [2.75, 3.05) is 13.2 Å². The fourth-order valence-corrected chi connectivity index (χ4v) is 6.43. The summed E-state index contributed by atoms with van der Waals surface area (Å²) in [6, 6.07) is 5.03. The number of hydrogen-bond donors (Lipinski definition) is 8. The molecule has 3 atom stereocenters. The van der Waals surface area contributed by atoms with Gasteiger partial charge in [0.2, 0.25) is 17.7 Å². The number of aryl methyl sites for hydroxylation is 3. The maximum atomic E-state index is 13.5. The van der Waals surface area contributed by atoms with Gasteiger partial charge in [-0.2, -0.15) is 26.3 Å². The van der Waals surface area contributed by atoms with Crippen LogP contribution in [0.1, 0.15) is 100 Å². The van der Waals surface area contributed by atoms with Crippen molar-refractivity contribution in [3.63, 3.8) is 0 Å². The number of alkyl halides is 6. The van der Waals surface area contributed by atoms with E-state index < -0.39 is 72.7 Å². The van der Waals surface area contributed by atoms with Gasteiger partial charge in [-0.1, -0.05) is 56.4 Å². The van der Waals surface area contributed by atoms with E-state index in [1.54, 1.807) is 6.20 Å². The first-order valence-electron chi connectivity index (χ1n) is 20.2. The lowest BCUT2D eigenvalue weighted by atomic mass is 9.84. The maximum Gasteiger partial charge on any atom is 0.490 e. The second-order valence-electron chi connectivity index (χ2n) is 14.7. The Labute approximate surface area is 355 Å². The summed E-state index contributed by atoms with van der Waals surface area (Å²) < 4.78 is 65.6. The molecule has 1 saturated carbocycles. The summed E-state index contributed by atoms with van der Waals surface area (Å²) in [7, 11) is 0. The average molecular weight is 897 g/mol. The van der Waals surface area contributed by atoms with Crippen LogP contribution >= 0.6 is 0 Å². The highest BCUT2D eigenvalue weighted by molar-refractivity contribution is 5.92. The molecule has 0 aliphatic heterocycles. The van der Waals surface area contributed by atoms with E-state index in [1.807, 2.05) is 37.4 Å². The molecule has 62 heavy (non-hydrogen) atoms. The summed E-state index contributed by atoms with van der Waals surface area (Å²) in [5.74, 6) is -7.02. The predicted molar refractivity (Wildman–Crippen MR) is 211 cm³/mol. The van der Waals surface area contributed by atoms with Crippen LogP contribution < -0.4 is 21.7 Å². The van der Waals surface area contributed by atoms with Crippen LogP contribution in [0.25, 0.3) is 0 Å². The summed E-state index contributed by atoms with van der Waals surface area (Å²) in [6.45, 7) is 2.70. The van der Waals surface area contributed by atoms with Crippen LogP contribution in [0.4, 0.5) is 26.3 Å². The Hall–Kier alpha value is -5.25. The molecule has 3 amide bonds. The second kappa shape index (κ2) is 28.4. The van der Waals surface area contributed by atoms with E-state index in [1.165, 1.54) is 12.0 Å². The Balaban J connectivity index is 0.00000117. The summed E-state index contributed by atoms with van der Waals surface area (Å²) in [5, 5.41) is 42.1. The highest BCUT2D eigenvalue weighted by atomic mass is 19.4. The molecule has 0 saturated heterocycles. The monoisotopic (exact) mass is 896 g/mol. The Morgan fingerprint density at radius 3 is 1.79 bits per heavy atom. The van der Waals surface area contributed by atoms with E-state index >= 15 is 0 Å². The number of aromatic nitrogens is 2. The summed E-state index contributed by atoms with van der Waals surface area (Å²) in [4.78, 5) is 73.4. The molecule has 1 heterocycles. The van der Waals surface area contributed by atoms with Crippen molar-refractivity contribution in [2.24, 2.45) is 11.7 Å². The molecule has 1 unspecified atom stereocenters. The standard InChI is InChI=1S/C36H56N6O6.2C2HF3O2/c1-26-38-20-22-42(26)21-10-8-11-27-15-17-28(18-16-27)23-33(44)39-32(25-43)36(48)40-30(14-7-9-19-37)35(47)41-31(24-34(45)46)29-12-5-3-2-4-6-13-29;2*3-2(4,5)1(6)7/h15-18,20,22,29-32,43H,2-14,19,21,23-25,37H2,1H3,(H,39,44)(H,40,48)(H,41,47)(H,45,46);2*(H,6,7)/t30-,31?,32-;;/m0../s1. The molecule has 0 bridgehead atoms. The van der Waals surface area contributed by atoms with Crippen molar-refractivity contribution in [2.45, 2.75) is 140 Å². The Kier molecular flexibility index (Phi) is 25.1. The molecule has 1 aromatic heterocycles. The van der Waals surface area contributed by atoms with Gasteiger partial charge in [0.05, 0.1) is 19.4 Å². The smallest absolute Gasteiger partial charge is 0.481 e. The van der Waals surface area contributed by atoms with Gasteiger partial charge in [-0.05, 0) is 81.9 Å². The minimum absolute atomic E-state index is 0.0304. The number of aliphatic hydroxyl groups excluding tert-OH is 1. The third-order valence-electron chi connectivity index (χ3n) is 9.77. The molecule has 1 aliphatic carbocycles. The number of aliphatic carboxylic acids is 3. The number of halogens is 6. The minimum atomic E-state index is -5.08. The molecule has 350 valence electrons. The van der Waals surface area contributed by atoms with Crippen molar-refractivity contribution >= 4 is 35.6 Å². The quantitative estimate of drug-likeness (QED) is 0.0678. The second-order valence-corrected chi connectivity index (χ2v) is 14.7. The summed E-state index contributed by atoms with van der Waals surface area (Å²) in [5.41, 5.74) is 7.61. The zero-order chi connectivity index (χ0) is 46.9. The highest BCUT2D eigenvalue weighted by Crippen LogP contribution is 2.27. The molecule has 3 rings (SSSR count). The van der Waals surface area contributed by atoms with Gasteiger partial charge in [0, 0.05) is 25.0 Å². The molecular formula is C40H58F6N6O10. The van der Waals surface area contributed by atoms with Crippen LogP contribution in [0.5, 0.6) is 0 Å². The Bertz CT molecular complexity index is 1660. The number of hydrogen-bond acceptors (Lipinski definition) is 9. The zero-order valence-corrected chi connectivity index (χ0v) is 34.5. The van der Waals surface area contributed by atoms with E-state index in [2.05, 4.69) is 25.5 Å². The number of carbonyl (C=O) groups excluding carboxylic acids is 3. The molecule has 1 aliphatic rings. The maximum absolute atomic E-state index is 13.5. The number of unbranched alkanes of at least 4 members (excludes halogenated alkanes) is 2. The van der Waals surface area contributed by atoms with Crippen LogP contribution in [0.2, 0.25) is 0 Å². The van der Waals surface area contributed by atoms with Crippen molar-refractivity contribution in [1.29, 1.82) is 0 Å². The molecule has 0 radical (unpaired) electrons. The first kappa shape index (κ1) is 54.8. The first-order chi connectivity index (χ1) is 29.1. The van der Waals surface area contributed by atoms with Gasteiger partial charge in [-0.25, -0.2) is 14.6 Å². The van der Waals surface area contributed by atoms with Gasteiger partial charge in [-0.15, -0.1) is 0 Å². The SMILES string of the molecule is Cc1nccn1CCCCc1ccc(CC(=O)N[C@@H](CO)C(=O)N[C@@H](CCCCN)C(=O)NC(CC(=O)O)C2CCCCCCC2)cc1.O=C(O)C(F)(F)F.O=C(O)C(F)(F)F. The number of aliphatic hydroxyl groups is 1. The van der Waals surface area contributed by atoms with E-state index in [4.69, 9.17) is 25.5 Å². The first-order valence-corrected chi connectivity index (χ1v) is 20.2. The number of carboxylic acids is 3. The molecule has 9 N–H and O–H groups in total. The molecule has 22 heteroatoms. The number of rotatable bonds is 20. The van der Waals surface area contributed by atoms with Gasteiger partial charge < -0.3 is 46.7 Å². The van der Waals surface area contributed by atoms with E-state index in [-0.39, 0.29) is 18.8 Å². The number of amides is 3. The van der Waals surface area contributed by atoms with Crippen molar-refractivity contribution in [3.8, 4) is 0 Å². The number of carboxylic acid groups (broad SMARTS) is 3. The van der Waals surface area contributed by atoms with Gasteiger partial charge >= 0.3 is 30.3 Å². The van der Waals surface area contributed by atoms with E-state index in [0.717, 1.165) is 75.7 Å². The van der Waals surface area contributed by atoms with Gasteiger partial charge in [-0.3, -0.25) is 19.2 Å². The highest BCUT2D eigenvalue weighted by Gasteiger charge is 2.39. The fraction of sp³-hybridized carbons (Fsp3) is 0.625. The van der Waals surface area contributed by atoms with Crippen LogP contribution in [0, 0.1) is 12.8 Å². The lowest BCUT2D eigenvalue weighted by Crippen LogP contribution is -2.56. The molecule has 2 aromatic rings. The Morgan fingerprint density at radius 2 is 1.31 bits per heavy atom. The third-order valence-corrected chi connectivity index (χ3v) is 9.77. The van der Waals surface area contributed by atoms with Crippen LogP contribution in [0.3, 0.4) is 0 Å². The number of carbonyl (C=O) groups is 6. The van der Waals surface area contributed by atoms with Crippen molar-refractivity contribution in [3.05, 3.63) is 53.6 Å². The summed E-state index contributed by atoms with van der Waals surface area (Å²) >= 11 is 0. The average Bonchev–Trinajstić information content (AvgIpc) is 3.58. The molecule has 0 spiro atoms. The number of imidazole rings is 1. The van der Waals surface area contributed by atoms with E-state index in [0.29, 0.717) is 25.8 Å². The summed E-state index contributed by atoms with van der Waals surface area (Å²) in [6.07, 6.45) is 4.96. The third kappa shape index (κ3) is 23.1. The van der Waals surface area contributed by atoms with Crippen LogP contribution in [-0.4, -0.2) is 109 Å². The van der Waals surface area contributed by atoms with Crippen molar-refractivity contribution < 1.29 is 75.5 Å². The number of benzene rings is 1. The van der Waals surface area contributed by atoms with Gasteiger partial charge in [0.1, 0.15) is 17.9 Å². The van der Waals surface area contributed by atoms with Crippen LogP contribution in [0.15, 0.2) is 36.7 Å². The molecule has 16 nitrogen and oxygen atoms in total. The van der Waals surface area contributed by atoms with Crippen LogP contribution in [-0.2, 0) is 48.2 Å². The number of nitrogens with two attached hydrogens (primary N) is 1. The zero-order valence-electron chi connectivity index (χ0n) is 34.5. The van der Waals surface area contributed by atoms with Gasteiger partial charge in [0.25, 0.3) is 0 Å². The fourth-order valence-electron chi connectivity index (χ4n) is 6.43. The largest absolute Gasteiger partial charge is 0.490 e. The molecular weight excluding hydrogens is 838 g/mol. The number of nitrogens with zero attached hydrogens (tertiary/aromatic N) is 2. The van der Waals surface area contributed by atoms with Gasteiger partial charge in [0.15, 0.2) is 0 Å². The Morgan fingerprint density at radius 1 is 0.774 bits per heavy atom. The van der Waals surface area contributed by atoms with E-state index in [9.17, 15) is 55.7 Å². The topological polar surface area (TPSA) is 263 Å². The molecule has 1 fully saturated rings. The minimum Gasteiger partial charge on any atom is -0.481 e. The van der Waals surface area contributed by atoms with Crippen molar-refractivity contribution in [1.82, 2.24) is 25.5 Å². The normalized spacial score (nSPS) is 14.8. The molecule has 1 aromatic carbocycles.